The summed E-state index contributed by atoms with van der Waals surface area (Å²) in [5.41, 5.74) is 0. The molecule has 1 fully saturated rings. The fourth-order valence-electron chi connectivity index (χ4n) is 2.47. The van der Waals surface area contributed by atoms with Gasteiger partial charge in [0.05, 0.1) is 0 Å². The van der Waals surface area contributed by atoms with Crippen molar-refractivity contribution in [3.63, 3.8) is 0 Å². The van der Waals surface area contributed by atoms with Crippen LogP contribution in [0.3, 0.4) is 0 Å². The summed E-state index contributed by atoms with van der Waals surface area (Å²) in [7, 11) is -3.83. The lowest BCUT2D eigenvalue weighted by atomic mass is 10.2. The Kier molecular flexibility index (Phi) is 4.14. The number of hydrogen-bond acceptors (Lipinski definition) is 4. The number of imidazole rings is 1. The van der Waals surface area contributed by atoms with Crippen LogP contribution in [0.25, 0.3) is 0 Å². The fraction of sp³-hybridized carbons (Fsp3) is 0.667. The van der Waals surface area contributed by atoms with E-state index in [1.807, 2.05) is 6.92 Å². The third-order valence-corrected chi connectivity index (χ3v) is 5.26. The Hall–Kier alpha value is -1.41. The molecule has 0 radical (unpaired) electrons. The Balaban J connectivity index is 2.35. The number of aryl methyl sites for hydroxylation is 2. The topological polar surface area (TPSA) is 92.5 Å². The lowest BCUT2D eigenvalue weighted by molar-refractivity contribution is -0.140. The molecular weight excluding hydrogens is 282 g/mol. The van der Waals surface area contributed by atoms with Crippen LogP contribution < -0.4 is 0 Å². The van der Waals surface area contributed by atoms with Crippen molar-refractivity contribution in [2.24, 2.45) is 0 Å². The Bertz CT molecular complexity index is 608. The van der Waals surface area contributed by atoms with E-state index >= 15 is 0 Å². The Morgan fingerprint density at radius 1 is 1.55 bits per heavy atom. The molecule has 1 aromatic heterocycles. The first-order valence-corrected chi connectivity index (χ1v) is 8.10. The Morgan fingerprint density at radius 3 is 2.85 bits per heavy atom. The fourth-order valence-corrected chi connectivity index (χ4v) is 4.11. The average Bonchev–Trinajstić information content (AvgIpc) is 2.98. The highest BCUT2D eigenvalue weighted by molar-refractivity contribution is 7.89. The highest BCUT2D eigenvalue weighted by atomic mass is 32.2. The van der Waals surface area contributed by atoms with Crippen LogP contribution in [0.5, 0.6) is 0 Å². The van der Waals surface area contributed by atoms with Crippen molar-refractivity contribution < 1.29 is 18.3 Å². The van der Waals surface area contributed by atoms with E-state index in [9.17, 15) is 13.2 Å². The van der Waals surface area contributed by atoms with Crippen molar-refractivity contribution in [2.75, 3.05) is 6.54 Å². The molecule has 0 bridgehead atoms. The monoisotopic (exact) mass is 301 g/mol. The van der Waals surface area contributed by atoms with Crippen LogP contribution in [-0.2, 0) is 21.4 Å². The molecule has 8 heteroatoms. The molecule has 2 rings (SSSR count). The van der Waals surface area contributed by atoms with Gasteiger partial charge in [0, 0.05) is 19.3 Å². The zero-order valence-electron chi connectivity index (χ0n) is 11.6. The van der Waals surface area contributed by atoms with E-state index in [2.05, 4.69) is 4.98 Å². The van der Waals surface area contributed by atoms with Crippen molar-refractivity contribution >= 4 is 16.0 Å². The average molecular weight is 301 g/mol. The number of carbonyl (C=O) groups is 1. The third kappa shape index (κ3) is 2.57. The van der Waals surface area contributed by atoms with E-state index < -0.39 is 22.0 Å². The van der Waals surface area contributed by atoms with Crippen molar-refractivity contribution in [2.45, 2.75) is 50.7 Å². The lowest BCUT2D eigenvalue weighted by Gasteiger charge is -2.19. The summed E-state index contributed by atoms with van der Waals surface area (Å²) in [5, 5.41) is 9.05. The molecule has 20 heavy (non-hydrogen) atoms. The quantitative estimate of drug-likeness (QED) is 0.870. The van der Waals surface area contributed by atoms with Crippen molar-refractivity contribution in [3.05, 3.63) is 12.0 Å². The molecule has 0 unspecified atom stereocenters. The number of carboxylic acids is 1. The van der Waals surface area contributed by atoms with E-state index in [-0.39, 0.29) is 11.6 Å². The minimum Gasteiger partial charge on any atom is -0.480 e. The zero-order valence-corrected chi connectivity index (χ0v) is 12.4. The van der Waals surface area contributed by atoms with Gasteiger partial charge in [-0.25, -0.2) is 13.4 Å². The van der Waals surface area contributed by atoms with Gasteiger partial charge < -0.3 is 9.67 Å². The largest absolute Gasteiger partial charge is 0.480 e. The molecule has 1 aromatic rings. The lowest BCUT2D eigenvalue weighted by Crippen LogP contribution is -2.40. The summed E-state index contributed by atoms with van der Waals surface area (Å²) in [6, 6.07) is -0.975. The Morgan fingerprint density at radius 2 is 2.25 bits per heavy atom. The molecule has 1 aliphatic heterocycles. The highest BCUT2D eigenvalue weighted by Crippen LogP contribution is 2.25. The SMILES string of the molecule is CCCn1cc(S(=O)(=O)N2CCC[C@H]2C(=O)O)nc1C. The predicted octanol–water partition coefficient (Wildman–Crippen LogP) is 0.839. The maximum atomic E-state index is 12.5. The van der Waals surface area contributed by atoms with Gasteiger partial charge in [0.1, 0.15) is 11.9 Å². The maximum absolute atomic E-state index is 12.5. The minimum atomic E-state index is -3.83. The molecule has 1 N–H and O–H groups in total. The maximum Gasteiger partial charge on any atom is 0.322 e. The van der Waals surface area contributed by atoms with Gasteiger partial charge in [-0.3, -0.25) is 4.79 Å². The van der Waals surface area contributed by atoms with Gasteiger partial charge >= 0.3 is 5.97 Å². The molecule has 0 aromatic carbocycles. The van der Waals surface area contributed by atoms with Gasteiger partial charge in [-0.1, -0.05) is 6.92 Å². The molecule has 7 nitrogen and oxygen atoms in total. The van der Waals surface area contributed by atoms with Crippen LogP contribution in [0.15, 0.2) is 11.2 Å². The van der Waals surface area contributed by atoms with Crippen LogP contribution in [0.1, 0.15) is 32.0 Å². The Labute approximate surface area is 118 Å². The first-order chi connectivity index (χ1) is 9.37. The van der Waals surface area contributed by atoms with E-state index in [1.54, 1.807) is 11.5 Å². The van der Waals surface area contributed by atoms with E-state index in [0.717, 1.165) is 10.7 Å². The molecular formula is C12H19N3O4S. The number of aliphatic carboxylic acids is 1. The van der Waals surface area contributed by atoms with Gasteiger partial charge in [0.2, 0.25) is 0 Å². The van der Waals surface area contributed by atoms with E-state index in [1.165, 1.54) is 6.20 Å². The van der Waals surface area contributed by atoms with Crippen LogP contribution >= 0.6 is 0 Å². The zero-order chi connectivity index (χ0) is 14.9. The van der Waals surface area contributed by atoms with Crippen LogP contribution in [0.4, 0.5) is 0 Å². The summed E-state index contributed by atoms with van der Waals surface area (Å²) in [4.78, 5) is 15.2. The third-order valence-electron chi connectivity index (χ3n) is 3.48. The van der Waals surface area contributed by atoms with Gasteiger partial charge in [-0.05, 0) is 26.2 Å². The molecule has 1 aliphatic rings. The molecule has 2 heterocycles. The second kappa shape index (κ2) is 5.53. The second-order valence-corrected chi connectivity index (χ2v) is 6.77. The van der Waals surface area contributed by atoms with Gasteiger partial charge in [0.25, 0.3) is 10.0 Å². The summed E-state index contributed by atoms with van der Waals surface area (Å²) in [6.45, 7) is 4.66. The van der Waals surface area contributed by atoms with E-state index in [4.69, 9.17) is 5.11 Å². The predicted molar refractivity (Wildman–Crippen MR) is 71.8 cm³/mol. The van der Waals surface area contributed by atoms with Gasteiger partial charge in [-0.2, -0.15) is 4.31 Å². The van der Waals surface area contributed by atoms with Crippen molar-refractivity contribution in [1.29, 1.82) is 0 Å². The molecule has 0 aliphatic carbocycles. The van der Waals surface area contributed by atoms with Gasteiger partial charge in [0.15, 0.2) is 5.03 Å². The molecule has 0 spiro atoms. The van der Waals surface area contributed by atoms with Crippen molar-refractivity contribution in [3.8, 4) is 0 Å². The first kappa shape index (κ1) is 15.0. The molecule has 1 atom stereocenters. The summed E-state index contributed by atoms with van der Waals surface area (Å²) < 4.78 is 27.8. The highest BCUT2D eigenvalue weighted by Gasteiger charge is 2.40. The molecule has 112 valence electrons. The van der Waals surface area contributed by atoms with Crippen LogP contribution in [-0.4, -0.2) is 45.9 Å². The van der Waals surface area contributed by atoms with E-state index in [0.29, 0.717) is 25.2 Å². The standard InChI is InChI=1S/C12H19N3O4S/c1-3-6-14-8-11(13-9(14)2)20(18,19)15-7-4-5-10(15)12(16)17/h8,10H,3-7H2,1-2H3,(H,16,17)/t10-/m0/s1. The molecule has 0 saturated carbocycles. The van der Waals surface area contributed by atoms with Crippen molar-refractivity contribution in [1.82, 2.24) is 13.9 Å². The summed E-state index contributed by atoms with van der Waals surface area (Å²) >= 11 is 0. The summed E-state index contributed by atoms with van der Waals surface area (Å²) in [6.07, 6.45) is 3.28. The number of carboxylic acid groups (broad SMARTS) is 1. The first-order valence-electron chi connectivity index (χ1n) is 6.66. The van der Waals surface area contributed by atoms with Gasteiger partial charge in [-0.15, -0.1) is 0 Å². The molecule has 0 amide bonds. The van der Waals surface area contributed by atoms with Crippen LogP contribution in [0.2, 0.25) is 0 Å². The molecule has 1 saturated heterocycles. The van der Waals surface area contributed by atoms with Crippen LogP contribution in [0, 0.1) is 6.92 Å². The number of aromatic nitrogens is 2. The normalized spacial score (nSPS) is 20.4. The smallest absolute Gasteiger partial charge is 0.322 e. The number of nitrogens with zero attached hydrogens (tertiary/aromatic N) is 3. The minimum absolute atomic E-state index is 0.0587. The number of sulfonamides is 1. The summed E-state index contributed by atoms with van der Waals surface area (Å²) in [5.74, 6) is -0.479. The second-order valence-electron chi connectivity index (χ2n) is 4.93. The number of rotatable bonds is 5. The number of hydrogen-bond donors (Lipinski definition) is 1.